The molecule has 6 heteroatoms. The van der Waals surface area contributed by atoms with Gasteiger partial charge in [-0.15, -0.1) is 0 Å². The van der Waals surface area contributed by atoms with E-state index in [1.165, 1.54) is 12.1 Å². The molecule has 0 aromatic heterocycles. The van der Waals surface area contributed by atoms with Crippen LogP contribution in [0.5, 0.6) is 0 Å². The molecule has 2 rings (SSSR count). The molecular weight excluding hydrogens is 270 g/mol. The first-order chi connectivity index (χ1) is 10.00. The predicted molar refractivity (Wildman–Crippen MR) is 81.1 cm³/mol. The van der Waals surface area contributed by atoms with Crippen LogP contribution < -0.4 is 10.6 Å². The standard InChI is InChI=1S/C15H21N3O3/c1-17(12-5-7-13(8-6-12)18(20)21)14(19)15(11-16)9-3-2-4-10-15/h5-8H,2-4,9-11,16H2,1H3. The first-order valence-corrected chi connectivity index (χ1v) is 7.23. The van der Waals surface area contributed by atoms with Crippen molar-refractivity contribution in [2.75, 3.05) is 18.5 Å². The molecule has 2 N–H and O–H groups in total. The van der Waals surface area contributed by atoms with E-state index in [-0.39, 0.29) is 11.6 Å². The lowest BCUT2D eigenvalue weighted by Crippen LogP contribution is -2.48. The highest BCUT2D eigenvalue weighted by molar-refractivity contribution is 5.97. The van der Waals surface area contributed by atoms with Crippen LogP contribution in [0.15, 0.2) is 24.3 Å². The lowest BCUT2D eigenvalue weighted by atomic mass is 9.73. The zero-order valence-electron chi connectivity index (χ0n) is 12.2. The summed E-state index contributed by atoms with van der Waals surface area (Å²) in [4.78, 5) is 24.6. The van der Waals surface area contributed by atoms with Crippen molar-refractivity contribution in [3.63, 3.8) is 0 Å². The third kappa shape index (κ3) is 3.05. The molecule has 0 spiro atoms. The Morgan fingerprint density at radius 1 is 1.29 bits per heavy atom. The number of nitrogens with zero attached hydrogens (tertiary/aromatic N) is 2. The lowest BCUT2D eigenvalue weighted by Gasteiger charge is -2.37. The molecule has 0 radical (unpaired) electrons. The molecule has 1 aliphatic rings. The fourth-order valence-electron chi connectivity index (χ4n) is 3.00. The molecule has 114 valence electrons. The Morgan fingerprint density at radius 2 is 1.86 bits per heavy atom. The van der Waals surface area contributed by atoms with E-state index in [9.17, 15) is 14.9 Å². The van der Waals surface area contributed by atoms with Crippen molar-refractivity contribution in [2.24, 2.45) is 11.1 Å². The summed E-state index contributed by atoms with van der Waals surface area (Å²) in [6.45, 7) is 0.350. The summed E-state index contributed by atoms with van der Waals surface area (Å²) in [5.74, 6) is 0.0125. The van der Waals surface area contributed by atoms with E-state index in [4.69, 9.17) is 5.73 Å². The molecule has 0 heterocycles. The number of nitro benzene ring substituents is 1. The third-order valence-corrected chi connectivity index (χ3v) is 4.41. The highest BCUT2D eigenvalue weighted by Gasteiger charge is 2.40. The molecule has 6 nitrogen and oxygen atoms in total. The van der Waals surface area contributed by atoms with Crippen molar-refractivity contribution in [2.45, 2.75) is 32.1 Å². The number of hydrogen-bond donors (Lipinski definition) is 1. The molecular formula is C15H21N3O3. The summed E-state index contributed by atoms with van der Waals surface area (Å²) in [5, 5.41) is 10.7. The number of carbonyl (C=O) groups excluding carboxylic acids is 1. The number of anilines is 1. The van der Waals surface area contributed by atoms with Gasteiger partial charge in [0.05, 0.1) is 10.3 Å². The smallest absolute Gasteiger partial charge is 0.269 e. The van der Waals surface area contributed by atoms with Crippen molar-refractivity contribution < 1.29 is 9.72 Å². The molecule has 0 atom stereocenters. The van der Waals surface area contributed by atoms with Crippen LogP contribution in [0, 0.1) is 15.5 Å². The topological polar surface area (TPSA) is 89.5 Å². The molecule has 0 bridgehead atoms. The highest BCUT2D eigenvalue weighted by atomic mass is 16.6. The maximum Gasteiger partial charge on any atom is 0.269 e. The van der Waals surface area contributed by atoms with Gasteiger partial charge >= 0.3 is 0 Å². The van der Waals surface area contributed by atoms with Gasteiger partial charge in [0.15, 0.2) is 0 Å². The van der Waals surface area contributed by atoms with Gasteiger partial charge in [0.1, 0.15) is 0 Å². The number of amides is 1. The number of carbonyl (C=O) groups is 1. The second-order valence-electron chi connectivity index (χ2n) is 5.68. The van der Waals surface area contributed by atoms with Crippen LogP contribution in [0.25, 0.3) is 0 Å². The number of hydrogen-bond acceptors (Lipinski definition) is 4. The molecule has 1 amide bonds. The Balaban J connectivity index is 2.19. The van der Waals surface area contributed by atoms with E-state index in [0.717, 1.165) is 32.1 Å². The van der Waals surface area contributed by atoms with Crippen LogP contribution in [0.1, 0.15) is 32.1 Å². The van der Waals surface area contributed by atoms with Crippen LogP contribution in [0.4, 0.5) is 11.4 Å². The van der Waals surface area contributed by atoms with Gasteiger partial charge in [-0.1, -0.05) is 19.3 Å². The van der Waals surface area contributed by atoms with E-state index in [1.54, 1.807) is 24.1 Å². The van der Waals surface area contributed by atoms with Crippen LogP contribution in [-0.4, -0.2) is 24.4 Å². The summed E-state index contributed by atoms with van der Waals surface area (Å²) in [7, 11) is 1.70. The van der Waals surface area contributed by atoms with Crippen LogP contribution in [0.3, 0.4) is 0 Å². The predicted octanol–water partition coefficient (Wildman–Crippen LogP) is 2.47. The number of non-ortho nitro benzene ring substituents is 1. The van der Waals surface area contributed by atoms with Crippen molar-refractivity contribution in [1.82, 2.24) is 0 Å². The largest absolute Gasteiger partial charge is 0.329 e. The summed E-state index contributed by atoms with van der Waals surface area (Å²) in [6, 6.07) is 6.02. The molecule has 1 aromatic rings. The lowest BCUT2D eigenvalue weighted by molar-refractivity contribution is -0.384. The van der Waals surface area contributed by atoms with Gasteiger partial charge in [-0.3, -0.25) is 14.9 Å². The van der Waals surface area contributed by atoms with E-state index in [1.807, 2.05) is 0 Å². The van der Waals surface area contributed by atoms with E-state index >= 15 is 0 Å². The monoisotopic (exact) mass is 291 g/mol. The first kappa shape index (κ1) is 15.4. The number of benzene rings is 1. The van der Waals surface area contributed by atoms with Crippen LogP contribution in [0.2, 0.25) is 0 Å². The molecule has 1 saturated carbocycles. The molecule has 0 aliphatic heterocycles. The number of rotatable bonds is 4. The van der Waals surface area contributed by atoms with Gasteiger partial charge in [-0.05, 0) is 25.0 Å². The summed E-state index contributed by atoms with van der Waals surface area (Å²) in [5.41, 5.74) is 6.08. The highest BCUT2D eigenvalue weighted by Crippen LogP contribution is 2.37. The zero-order valence-corrected chi connectivity index (χ0v) is 12.2. The van der Waals surface area contributed by atoms with Gasteiger partial charge in [0.2, 0.25) is 5.91 Å². The Kier molecular flexibility index (Phi) is 4.57. The molecule has 1 aliphatic carbocycles. The quantitative estimate of drug-likeness (QED) is 0.681. The van der Waals surface area contributed by atoms with Gasteiger partial charge in [-0.25, -0.2) is 0 Å². The maximum absolute atomic E-state index is 12.8. The van der Waals surface area contributed by atoms with Gasteiger partial charge in [0, 0.05) is 31.4 Å². The summed E-state index contributed by atoms with van der Waals surface area (Å²) < 4.78 is 0. The molecule has 0 unspecified atom stereocenters. The van der Waals surface area contributed by atoms with Crippen LogP contribution in [-0.2, 0) is 4.79 Å². The Labute approximate surface area is 124 Å². The average molecular weight is 291 g/mol. The van der Waals surface area contributed by atoms with Crippen LogP contribution >= 0.6 is 0 Å². The normalized spacial score (nSPS) is 17.2. The van der Waals surface area contributed by atoms with Crippen molar-refractivity contribution in [1.29, 1.82) is 0 Å². The molecule has 1 fully saturated rings. The van der Waals surface area contributed by atoms with E-state index in [0.29, 0.717) is 12.2 Å². The molecule has 0 saturated heterocycles. The number of nitro groups is 1. The molecule has 21 heavy (non-hydrogen) atoms. The first-order valence-electron chi connectivity index (χ1n) is 7.23. The van der Waals surface area contributed by atoms with Crippen molar-refractivity contribution in [3.05, 3.63) is 34.4 Å². The van der Waals surface area contributed by atoms with Gasteiger partial charge < -0.3 is 10.6 Å². The summed E-state index contributed by atoms with van der Waals surface area (Å²) in [6.07, 6.45) is 4.84. The molecule has 1 aromatic carbocycles. The maximum atomic E-state index is 12.8. The Morgan fingerprint density at radius 3 is 2.33 bits per heavy atom. The minimum absolute atomic E-state index is 0.0125. The third-order valence-electron chi connectivity index (χ3n) is 4.41. The minimum atomic E-state index is -0.477. The Bertz CT molecular complexity index is 521. The fraction of sp³-hybridized carbons (Fsp3) is 0.533. The van der Waals surface area contributed by atoms with Crippen molar-refractivity contribution >= 4 is 17.3 Å². The SMILES string of the molecule is CN(C(=O)C1(CN)CCCCC1)c1ccc([N+](=O)[O-])cc1. The summed E-state index contributed by atoms with van der Waals surface area (Å²) >= 11 is 0. The van der Waals surface area contributed by atoms with Crippen molar-refractivity contribution in [3.8, 4) is 0 Å². The Hall–Kier alpha value is -1.95. The second kappa shape index (κ2) is 6.22. The average Bonchev–Trinajstić information content (AvgIpc) is 2.54. The minimum Gasteiger partial charge on any atom is -0.329 e. The van der Waals surface area contributed by atoms with Gasteiger partial charge in [-0.2, -0.15) is 0 Å². The zero-order chi connectivity index (χ0) is 15.5. The van der Waals surface area contributed by atoms with Gasteiger partial charge in [0.25, 0.3) is 5.69 Å². The number of nitrogens with two attached hydrogens (primary N) is 1. The van der Waals surface area contributed by atoms with E-state index in [2.05, 4.69) is 0 Å². The van der Waals surface area contributed by atoms with E-state index < -0.39 is 10.3 Å². The second-order valence-corrected chi connectivity index (χ2v) is 5.68. The fourth-order valence-corrected chi connectivity index (χ4v) is 3.00.